The molecule has 0 radical (unpaired) electrons. The first-order valence-electron chi connectivity index (χ1n) is 5.27. The fraction of sp³-hybridized carbons (Fsp3) is 0.0909. The topological polar surface area (TPSA) is 95.0 Å². The molecule has 0 fully saturated rings. The number of benzene rings is 1. The summed E-state index contributed by atoms with van der Waals surface area (Å²) in [5.41, 5.74) is 5.73. The maximum atomic E-state index is 11.8. The summed E-state index contributed by atoms with van der Waals surface area (Å²) < 4.78 is 1.63. The molecule has 9 heteroatoms. The zero-order chi connectivity index (χ0) is 14.0. The smallest absolute Gasteiger partial charge is 0.266 e. The molecule has 5 N–H and O–H groups in total. The highest BCUT2D eigenvalue weighted by Gasteiger charge is 2.16. The number of nitrogen functional groups attached to an aromatic ring is 1. The minimum absolute atomic E-state index is 0. The Hall–Kier alpha value is -1.63. The second kappa shape index (κ2) is 6.69. The Labute approximate surface area is 130 Å². The average Bonchev–Trinajstić information content (AvgIpc) is 2.86. The van der Waals surface area contributed by atoms with E-state index in [0.29, 0.717) is 0 Å². The van der Waals surface area contributed by atoms with Crippen LogP contribution in [0.4, 0.5) is 11.4 Å². The van der Waals surface area contributed by atoms with Crippen molar-refractivity contribution in [1.29, 1.82) is 0 Å². The zero-order valence-electron chi connectivity index (χ0n) is 10.0. The van der Waals surface area contributed by atoms with Crippen LogP contribution in [0.2, 0.25) is 10.0 Å². The lowest BCUT2D eigenvalue weighted by Crippen LogP contribution is -3.00. The molecule has 2 rings (SSSR count). The van der Waals surface area contributed by atoms with Crippen LogP contribution in [-0.4, -0.2) is 16.0 Å². The summed E-state index contributed by atoms with van der Waals surface area (Å²) in [5, 5.41) is 12.4. The van der Waals surface area contributed by atoms with Crippen LogP contribution in [0.3, 0.4) is 0 Å². The maximum absolute atomic E-state index is 11.8. The van der Waals surface area contributed by atoms with Gasteiger partial charge in [-0.15, -0.1) is 0 Å². The molecular formula is C11H11Cl3N4O2. The minimum Gasteiger partial charge on any atom is -1.00 e. The minimum atomic E-state index is -0.336. The van der Waals surface area contributed by atoms with Gasteiger partial charge >= 0.3 is 0 Å². The third-order valence-electron chi connectivity index (χ3n) is 2.43. The first-order chi connectivity index (χ1) is 8.99. The molecule has 1 amide bonds. The number of hydrogen-bond donors (Lipinski definition) is 4. The molecule has 1 aromatic carbocycles. The second-order valence-electron chi connectivity index (χ2n) is 3.81. The number of anilines is 2. The molecule has 0 aliphatic carbocycles. The fourth-order valence-electron chi connectivity index (χ4n) is 1.49. The largest absolute Gasteiger partial charge is 1.00 e. The Balaban J connectivity index is 0.00000200. The normalized spacial score (nSPS) is 9.90. The van der Waals surface area contributed by atoms with E-state index in [9.17, 15) is 9.90 Å². The van der Waals surface area contributed by atoms with Gasteiger partial charge in [-0.25, -0.2) is 4.57 Å². The number of aromatic hydroxyl groups is 1. The van der Waals surface area contributed by atoms with Crippen LogP contribution < -0.4 is 28.0 Å². The van der Waals surface area contributed by atoms with Gasteiger partial charge < -0.3 is 28.6 Å². The van der Waals surface area contributed by atoms with E-state index in [0.717, 1.165) is 0 Å². The van der Waals surface area contributed by atoms with Gasteiger partial charge in [0.25, 0.3) is 5.91 Å². The summed E-state index contributed by atoms with van der Waals surface area (Å²) in [4.78, 5) is 14.6. The van der Waals surface area contributed by atoms with Crippen molar-refractivity contribution >= 4 is 40.5 Å². The molecule has 0 saturated carbocycles. The van der Waals surface area contributed by atoms with Crippen molar-refractivity contribution in [1.82, 2.24) is 4.98 Å². The van der Waals surface area contributed by atoms with Crippen molar-refractivity contribution in [3.8, 4) is 5.75 Å². The Kier molecular flexibility index (Phi) is 5.50. The van der Waals surface area contributed by atoms with Crippen LogP contribution in [0.25, 0.3) is 0 Å². The summed E-state index contributed by atoms with van der Waals surface area (Å²) in [5.74, 6) is -0.646. The molecular weight excluding hydrogens is 327 g/mol. The lowest BCUT2D eigenvalue weighted by atomic mass is 10.2. The second-order valence-corrected chi connectivity index (χ2v) is 4.60. The van der Waals surface area contributed by atoms with Gasteiger partial charge in [0.2, 0.25) is 6.33 Å². The summed E-state index contributed by atoms with van der Waals surface area (Å²) in [7, 11) is 0. The fourth-order valence-corrected chi connectivity index (χ4v) is 1.95. The quantitative estimate of drug-likeness (QED) is 0.313. The molecule has 0 spiro atoms. The number of phenols is 1. The third-order valence-corrected chi connectivity index (χ3v) is 3.13. The van der Waals surface area contributed by atoms with E-state index in [1.54, 1.807) is 23.3 Å². The predicted molar refractivity (Wildman–Crippen MR) is 72.2 cm³/mol. The molecule has 6 nitrogen and oxygen atoms in total. The highest BCUT2D eigenvalue weighted by atomic mass is 35.5. The summed E-state index contributed by atoms with van der Waals surface area (Å²) in [6.45, 7) is 0.0859. The zero-order valence-corrected chi connectivity index (χ0v) is 12.3. The predicted octanol–water partition coefficient (Wildman–Crippen LogP) is -1.46. The number of hydrogen-bond acceptors (Lipinski definition) is 3. The number of aromatic amines is 1. The monoisotopic (exact) mass is 336 g/mol. The van der Waals surface area contributed by atoms with Gasteiger partial charge in [0.15, 0.2) is 12.3 Å². The molecule has 20 heavy (non-hydrogen) atoms. The first kappa shape index (κ1) is 16.4. The number of H-pyrrole nitrogens is 1. The lowest BCUT2D eigenvalue weighted by Gasteiger charge is -2.10. The van der Waals surface area contributed by atoms with Crippen LogP contribution in [0.15, 0.2) is 24.8 Å². The van der Waals surface area contributed by atoms with Gasteiger partial charge in [0.1, 0.15) is 17.4 Å². The van der Waals surface area contributed by atoms with Crippen molar-refractivity contribution in [3.05, 3.63) is 34.8 Å². The molecule has 0 bridgehead atoms. The van der Waals surface area contributed by atoms with Crippen molar-refractivity contribution in [2.75, 3.05) is 11.1 Å². The van der Waals surface area contributed by atoms with Crippen molar-refractivity contribution in [3.63, 3.8) is 0 Å². The van der Waals surface area contributed by atoms with Gasteiger partial charge in [-0.1, -0.05) is 23.2 Å². The number of carbonyl (C=O) groups excluding carboxylic acids is 1. The average molecular weight is 338 g/mol. The number of nitrogens with zero attached hydrogens (tertiary/aromatic N) is 1. The maximum Gasteiger partial charge on any atom is 0.266 e. The number of rotatable bonds is 3. The standard InChI is InChI=1S/C11H10Cl2N4O2.ClH/c12-6-3-7(11(19)9(13)10(6)14)16-8(18)4-17-2-1-15-5-17;/h1-3,5H,4,14H2,(H2,16,18,19);1H. The Morgan fingerprint density at radius 2 is 2.20 bits per heavy atom. The van der Waals surface area contributed by atoms with E-state index in [-0.39, 0.29) is 52.0 Å². The number of imidazole rings is 1. The SMILES string of the molecule is Nc1c(Cl)cc(NC(=O)C[n+]2cc[nH]c2)c(O)c1Cl.[Cl-]. The molecule has 2 aromatic rings. The van der Waals surface area contributed by atoms with E-state index in [1.807, 2.05) is 0 Å². The highest BCUT2D eigenvalue weighted by molar-refractivity contribution is 6.40. The van der Waals surface area contributed by atoms with E-state index < -0.39 is 0 Å². The van der Waals surface area contributed by atoms with Crippen LogP contribution in [-0.2, 0) is 11.3 Å². The van der Waals surface area contributed by atoms with Gasteiger partial charge in [0.05, 0.1) is 16.4 Å². The van der Waals surface area contributed by atoms with Gasteiger partial charge in [0, 0.05) is 0 Å². The number of phenolic OH excluding ortho intramolecular Hbond substituents is 1. The Bertz CT molecular complexity index is 617. The highest BCUT2D eigenvalue weighted by Crippen LogP contribution is 2.40. The Morgan fingerprint density at radius 1 is 1.50 bits per heavy atom. The molecule has 0 atom stereocenters. The first-order valence-corrected chi connectivity index (χ1v) is 6.02. The number of carbonyl (C=O) groups is 1. The number of nitrogens with two attached hydrogens (primary N) is 1. The number of aromatic nitrogens is 2. The van der Waals surface area contributed by atoms with Crippen molar-refractivity contribution < 1.29 is 26.9 Å². The molecule has 108 valence electrons. The number of halogens is 3. The van der Waals surface area contributed by atoms with E-state index in [2.05, 4.69) is 10.3 Å². The Morgan fingerprint density at radius 3 is 2.80 bits per heavy atom. The van der Waals surface area contributed by atoms with Crippen LogP contribution in [0.5, 0.6) is 5.75 Å². The van der Waals surface area contributed by atoms with Crippen LogP contribution >= 0.6 is 23.2 Å². The molecule has 1 heterocycles. The van der Waals surface area contributed by atoms with Gasteiger partial charge in [-0.3, -0.25) is 9.78 Å². The molecule has 0 aliphatic rings. The molecule has 0 unspecified atom stereocenters. The van der Waals surface area contributed by atoms with Crippen molar-refractivity contribution in [2.45, 2.75) is 6.54 Å². The molecule has 0 aliphatic heterocycles. The van der Waals surface area contributed by atoms with Crippen LogP contribution in [0.1, 0.15) is 0 Å². The van der Waals surface area contributed by atoms with Crippen LogP contribution in [0, 0.1) is 0 Å². The lowest BCUT2D eigenvalue weighted by molar-refractivity contribution is -0.682. The molecule has 0 saturated heterocycles. The van der Waals surface area contributed by atoms with Gasteiger partial charge in [-0.2, -0.15) is 0 Å². The molecule has 1 aromatic heterocycles. The van der Waals surface area contributed by atoms with E-state index in [4.69, 9.17) is 28.9 Å². The third kappa shape index (κ3) is 3.47. The van der Waals surface area contributed by atoms with E-state index >= 15 is 0 Å². The summed E-state index contributed by atoms with van der Waals surface area (Å²) in [6, 6.07) is 1.35. The number of amides is 1. The summed E-state index contributed by atoms with van der Waals surface area (Å²) >= 11 is 11.6. The number of nitrogens with one attached hydrogen (secondary N) is 2. The summed E-state index contributed by atoms with van der Waals surface area (Å²) in [6.07, 6.45) is 5.01. The van der Waals surface area contributed by atoms with E-state index in [1.165, 1.54) is 6.07 Å². The van der Waals surface area contributed by atoms with Crippen molar-refractivity contribution in [2.24, 2.45) is 0 Å². The van der Waals surface area contributed by atoms with Gasteiger partial charge in [-0.05, 0) is 6.07 Å².